The van der Waals surface area contributed by atoms with Crippen molar-refractivity contribution >= 4 is 11.9 Å². The molecule has 1 N–H and O–H groups in total. The highest BCUT2D eigenvalue weighted by atomic mass is 16.7. The molecule has 1 aromatic rings. The number of carbonyl (C=O) groups excluding carboxylic acids is 1. The number of rotatable bonds is 6. The third-order valence-corrected chi connectivity index (χ3v) is 3.70. The Kier molecular flexibility index (Phi) is 6.99. The molecule has 7 nitrogen and oxygen atoms in total. The Morgan fingerprint density at radius 2 is 1.92 bits per heavy atom. The van der Waals surface area contributed by atoms with Gasteiger partial charge in [0.05, 0.1) is 6.07 Å². The van der Waals surface area contributed by atoms with E-state index in [0.717, 1.165) is 12.5 Å². The Morgan fingerprint density at radius 3 is 2.38 bits per heavy atom. The molecule has 1 aromatic heterocycles. The number of carbonyl (C=O) groups is 1. The Morgan fingerprint density at radius 1 is 1.31 bits per heavy atom. The number of hydrogen-bond acceptors (Lipinski definition) is 6. The number of nitrogens with zero attached hydrogens (tertiary/aromatic N) is 1. The molecule has 7 heteroatoms. The quantitative estimate of drug-likeness (QED) is 0.354. The fraction of sp³-hybridized carbons (Fsp3) is 0.632. The highest BCUT2D eigenvalue weighted by Crippen LogP contribution is 2.35. The maximum Gasteiger partial charge on any atom is 0.433 e. The van der Waals surface area contributed by atoms with Gasteiger partial charge in [-0.3, -0.25) is 10.1 Å². The molecule has 0 saturated carbocycles. The minimum absolute atomic E-state index is 0.0385. The second-order valence-electron chi connectivity index (χ2n) is 8.11. The molecular weight excluding hydrogens is 338 g/mol. The average molecular weight is 365 g/mol. The Balaban J connectivity index is 2.79. The summed E-state index contributed by atoms with van der Waals surface area (Å²) in [6.45, 7) is 11.9. The fourth-order valence-corrected chi connectivity index (χ4v) is 2.77. The number of esters is 1. The van der Waals surface area contributed by atoms with Crippen molar-refractivity contribution in [3.8, 4) is 11.8 Å². The van der Waals surface area contributed by atoms with E-state index in [1.807, 2.05) is 13.8 Å². The summed E-state index contributed by atoms with van der Waals surface area (Å²) >= 11 is 0. The second-order valence-corrected chi connectivity index (χ2v) is 8.11. The Hall–Kier alpha value is -2.33. The molecule has 0 radical (unpaired) electrons. The van der Waals surface area contributed by atoms with Gasteiger partial charge < -0.3 is 14.3 Å². The van der Waals surface area contributed by atoms with Crippen LogP contribution in [0.3, 0.4) is 0 Å². The lowest BCUT2D eigenvalue weighted by Crippen LogP contribution is -2.32. The van der Waals surface area contributed by atoms with Crippen LogP contribution in [0.25, 0.3) is 0 Å². The van der Waals surface area contributed by atoms with Crippen molar-refractivity contribution in [2.75, 3.05) is 0 Å². The van der Waals surface area contributed by atoms with Gasteiger partial charge in [-0.2, -0.15) is 0 Å². The van der Waals surface area contributed by atoms with Crippen molar-refractivity contribution in [3.05, 3.63) is 28.0 Å². The average Bonchev–Trinajstić information content (AvgIpc) is 2.98. The summed E-state index contributed by atoms with van der Waals surface area (Å²) in [5, 5.41) is 21.0. The molecule has 0 amide bonds. The number of aliphatic hydroxyl groups is 1. The molecule has 0 bridgehead atoms. The van der Waals surface area contributed by atoms with Gasteiger partial charge in [0, 0.05) is 5.41 Å². The minimum Gasteiger partial charge on any atom is -0.443 e. The number of aliphatic hydroxyl groups excluding tert-OH is 1. The van der Waals surface area contributed by atoms with E-state index < -0.39 is 34.4 Å². The van der Waals surface area contributed by atoms with Crippen LogP contribution in [-0.2, 0) is 4.74 Å². The molecular formula is C19H27NO6. The van der Waals surface area contributed by atoms with E-state index in [1.165, 1.54) is 6.07 Å². The normalized spacial score (nSPS) is 14.1. The van der Waals surface area contributed by atoms with E-state index >= 15 is 0 Å². The number of ether oxygens (including phenoxy) is 1. The molecule has 0 aromatic carbocycles. The molecule has 2 unspecified atom stereocenters. The zero-order valence-electron chi connectivity index (χ0n) is 16.2. The minimum atomic E-state index is -0.876. The third-order valence-electron chi connectivity index (χ3n) is 3.70. The van der Waals surface area contributed by atoms with Crippen LogP contribution < -0.4 is 0 Å². The Labute approximate surface area is 153 Å². The molecule has 0 aliphatic carbocycles. The van der Waals surface area contributed by atoms with Crippen LogP contribution in [0.1, 0.15) is 64.9 Å². The summed E-state index contributed by atoms with van der Waals surface area (Å²) in [5.74, 6) is 3.92. The number of nitro groups is 1. The molecule has 2 atom stereocenters. The maximum atomic E-state index is 12.0. The molecule has 26 heavy (non-hydrogen) atoms. The maximum absolute atomic E-state index is 12.0. The van der Waals surface area contributed by atoms with Crippen molar-refractivity contribution in [2.45, 2.75) is 66.6 Å². The van der Waals surface area contributed by atoms with Gasteiger partial charge in [-0.1, -0.05) is 53.4 Å². The largest absolute Gasteiger partial charge is 0.443 e. The number of hydrogen-bond donors (Lipinski definition) is 1. The molecule has 0 fully saturated rings. The fourth-order valence-electron chi connectivity index (χ4n) is 2.77. The van der Waals surface area contributed by atoms with Crippen LogP contribution in [0, 0.1) is 32.8 Å². The molecule has 1 rings (SSSR count). The van der Waals surface area contributed by atoms with Crippen LogP contribution >= 0.6 is 0 Å². The lowest BCUT2D eigenvalue weighted by Gasteiger charge is -2.34. The summed E-state index contributed by atoms with van der Waals surface area (Å²) in [4.78, 5) is 21.9. The van der Waals surface area contributed by atoms with Gasteiger partial charge in [-0.15, -0.1) is 0 Å². The van der Waals surface area contributed by atoms with Gasteiger partial charge in [-0.25, -0.2) is 4.79 Å². The highest BCUT2D eigenvalue weighted by Gasteiger charge is 2.31. The first-order valence-corrected chi connectivity index (χ1v) is 8.50. The summed E-state index contributed by atoms with van der Waals surface area (Å²) in [6, 6.07) is 2.27. The predicted molar refractivity (Wildman–Crippen MR) is 96.5 cm³/mol. The van der Waals surface area contributed by atoms with Crippen LogP contribution in [0.4, 0.5) is 5.88 Å². The lowest BCUT2D eigenvalue weighted by molar-refractivity contribution is -0.402. The zero-order valence-corrected chi connectivity index (χ0v) is 16.2. The SMILES string of the molecule is CCC(C#CC(O)C(C)(C)CC(C)(C)C)OC(=O)c1ccc([N+](=O)[O-])o1. The number of furan rings is 1. The standard InChI is InChI=1S/C19H27NO6/c1-7-13(8-10-15(21)19(5,6)12-18(2,3)4)25-17(22)14-9-11-16(26-14)20(23)24/h9,11,13,15,21H,7,12H2,1-6H3. The first-order valence-electron chi connectivity index (χ1n) is 8.50. The summed E-state index contributed by atoms with van der Waals surface area (Å²) < 4.78 is 10.0. The second kappa shape index (κ2) is 8.37. The van der Waals surface area contributed by atoms with E-state index in [-0.39, 0.29) is 11.2 Å². The smallest absolute Gasteiger partial charge is 0.433 e. The van der Waals surface area contributed by atoms with Crippen molar-refractivity contribution < 1.29 is 24.0 Å². The molecule has 144 valence electrons. The third kappa shape index (κ3) is 6.52. The van der Waals surface area contributed by atoms with E-state index in [2.05, 4.69) is 32.6 Å². The molecule has 0 aliphatic rings. The first kappa shape index (κ1) is 21.7. The van der Waals surface area contributed by atoms with Crippen molar-refractivity contribution in [3.63, 3.8) is 0 Å². The van der Waals surface area contributed by atoms with E-state index in [4.69, 9.17) is 9.15 Å². The van der Waals surface area contributed by atoms with Gasteiger partial charge in [0.15, 0.2) is 6.10 Å². The zero-order chi connectivity index (χ0) is 20.1. The molecule has 1 heterocycles. The monoisotopic (exact) mass is 365 g/mol. The van der Waals surface area contributed by atoms with Crippen LogP contribution in [0.5, 0.6) is 0 Å². The topological polar surface area (TPSA) is 103 Å². The Bertz CT molecular complexity index is 702. The van der Waals surface area contributed by atoms with E-state index in [1.54, 1.807) is 6.92 Å². The van der Waals surface area contributed by atoms with Crippen molar-refractivity contribution in [1.29, 1.82) is 0 Å². The first-order chi connectivity index (χ1) is 11.9. The van der Waals surface area contributed by atoms with Gasteiger partial charge in [0.1, 0.15) is 11.0 Å². The van der Waals surface area contributed by atoms with E-state index in [0.29, 0.717) is 6.42 Å². The van der Waals surface area contributed by atoms with Gasteiger partial charge in [0.2, 0.25) is 5.76 Å². The summed E-state index contributed by atoms with van der Waals surface area (Å²) in [6.07, 6.45) is -0.442. The molecule has 0 saturated heterocycles. The lowest BCUT2D eigenvalue weighted by atomic mass is 9.73. The molecule has 0 aliphatic heterocycles. The summed E-state index contributed by atoms with van der Waals surface area (Å²) in [7, 11) is 0. The van der Waals surface area contributed by atoms with Crippen LogP contribution in [-0.4, -0.2) is 28.2 Å². The van der Waals surface area contributed by atoms with Crippen molar-refractivity contribution in [1.82, 2.24) is 0 Å². The predicted octanol–water partition coefficient (Wildman–Crippen LogP) is 3.95. The van der Waals surface area contributed by atoms with Crippen molar-refractivity contribution in [2.24, 2.45) is 10.8 Å². The van der Waals surface area contributed by atoms with Crippen LogP contribution in [0.2, 0.25) is 0 Å². The molecule has 0 spiro atoms. The van der Waals surface area contributed by atoms with Gasteiger partial charge >= 0.3 is 11.9 Å². The van der Waals surface area contributed by atoms with Gasteiger partial charge in [0.25, 0.3) is 0 Å². The van der Waals surface area contributed by atoms with E-state index in [9.17, 15) is 20.0 Å². The highest BCUT2D eigenvalue weighted by molar-refractivity contribution is 5.86. The van der Waals surface area contributed by atoms with Crippen LogP contribution in [0.15, 0.2) is 16.5 Å². The van der Waals surface area contributed by atoms with Gasteiger partial charge in [-0.05, 0) is 24.3 Å². The summed E-state index contributed by atoms with van der Waals surface area (Å²) in [5.41, 5.74) is -0.383.